The molecule has 9 nitrogen and oxygen atoms in total. The number of anilines is 1. The van der Waals surface area contributed by atoms with Crippen molar-refractivity contribution >= 4 is 23.6 Å². The molecule has 202 valence electrons. The van der Waals surface area contributed by atoms with Crippen molar-refractivity contribution in [1.82, 2.24) is 19.4 Å². The Balaban J connectivity index is 1.35. The monoisotopic (exact) mass is 525 g/mol. The highest BCUT2D eigenvalue weighted by atomic mass is 16.5. The number of imidazole rings is 1. The van der Waals surface area contributed by atoms with Crippen LogP contribution in [0, 0.1) is 24.7 Å². The molecule has 39 heavy (non-hydrogen) atoms. The van der Waals surface area contributed by atoms with Gasteiger partial charge in [-0.1, -0.05) is 19.9 Å². The number of amidine groups is 1. The molecule has 0 unspecified atom stereocenters. The number of nitrogen functional groups attached to an aromatic ring is 1. The van der Waals surface area contributed by atoms with Crippen molar-refractivity contribution in [2.24, 2.45) is 11.1 Å². The summed E-state index contributed by atoms with van der Waals surface area (Å²) >= 11 is 0. The summed E-state index contributed by atoms with van der Waals surface area (Å²) in [5, 5.41) is 11.1. The van der Waals surface area contributed by atoms with Crippen LogP contribution in [0.15, 0.2) is 42.7 Å². The van der Waals surface area contributed by atoms with Crippen LogP contribution < -0.4 is 15.8 Å². The number of carbonyl (C=O) groups is 1. The lowest BCUT2D eigenvalue weighted by atomic mass is 9.91. The molecule has 9 heteroatoms. The number of nitrogens with one attached hydrogen (secondary N) is 2. The standard InChI is InChI=1S/C30H35N7O2/c1-18-9-22(29(31)32)10-19(2)24(18)13-33-25-11-28(36-26(35-25)12-30(3,4)17-38)39-16-23-15-37-14-21(20-5-6-20)7-8-27(37)34-23/h7-11,14-15,17,20H,5-6,12-13,16H2,1-4H3,(H3,31,32)(H,33,35,36). The number of aryl methyl sites for hydroxylation is 2. The van der Waals surface area contributed by atoms with E-state index in [0.29, 0.717) is 42.0 Å². The Hall–Kier alpha value is -4.27. The smallest absolute Gasteiger partial charge is 0.219 e. The van der Waals surface area contributed by atoms with E-state index >= 15 is 0 Å². The number of fused-ring (bicyclic) bond motifs is 1. The molecule has 1 saturated carbocycles. The zero-order valence-electron chi connectivity index (χ0n) is 22.9. The van der Waals surface area contributed by atoms with Gasteiger partial charge in [-0.25, -0.2) is 9.97 Å². The zero-order chi connectivity index (χ0) is 27.7. The molecule has 4 N–H and O–H groups in total. The van der Waals surface area contributed by atoms with Gasteiger partial charge in [0.05, 0.1) is 5.69 Å². The Morgan fingerprint density at radius 1 is 1.15 bits per heavy atom. The molecule has 1 fully saturated rings. The second-order valence-corrected chi connectivity index (χ2v) is 11.2. The van der Waals surface area contributed by atoms with Crippen LogP contribution >= 0.6 is 0 Å². The molecule has 0 spiro atoms. The highest BCUT2D eigenvalue weighted by molar-refractivity contribution is 5.95. The molecule has 1 aliphatic rings. The number of hydrogen-bond donors (Lipinski definition) is 3. The van der Waals surface area contributed by atoms with E-state index in [1.165, 1.54) is 18.4 Å². The number of carbonyl (C=O) groups excluding carboxylic acids is 1. The Morgan fingerprint density at radius 2 is 1.90 bits per heavy atom. The maximum Gasteiger partial charge on any atom is 0.219 e. The third kappa shape index (κ3) is 6.25. The molecule has 0 amide bonds. The van der Waals surface area contributed by atoms with E-state index in [9.17, 15) is 4.79 Å². The van der Waals surface area contributed by atoms with Gasteiger partial charge in [-0.15, -0.1) is 0 Å². The topological polar surface area (TPSA) is 131 Å². The van der Waals surface area contributed by atoms with Gasteiger partial charge in [0, 0.05) is 42.4 Å². The third-order valence-electron chi connectivity index (χ3n) is 7.08. The quantitative estimate of drug-likeness (QED) is 0.145. The number of nitrogens with zero attached hydrogens (tertiary/aromatic N) is 4. The Bertz CT molecular complexity index is 1530. The van der Waals surface area contributed by atoms with Gasteiger partial charge in [0.2, 0.25) is 5.88 Å². The molecule has 3 aromatic heterocycles. The first-order valence-electron chi connectivity index (χ1n) is 13.2. The second kappa shape index (κ2) is 10.5. The molecule has 4 aromatic rings. The normalized spacial score (nSPS) is 13.4. The van der Waals surface area contributed by atoms with Gasteiger partial charge < -0.3 is 25.0 Å². The van der Waals surface area contributed by atoms with Crippen molar-refractivity contribution in [3.05, 3.63) is 82.1 Å². The molecule has 0 aliphatic heterocycles. The molecule has 1 aliphatic carbocycles. The van der Waals surface area contributed by atoms with Crippen LogP contribution in [-0.4, -0.2) is 31.5 Å². The largest absolute Gasteiger partial charge is 0.471 e. The number of aldehydes is 1. The number of hydrogen-bond acceptors (Lipinski definition) is 7. The van der Waals surface area contributed by atoms with Crippen molar-refractivity contribution in [3.8, 4) is 5.88 Å². The summed E-state index contributed by atoms with van der Waals surface area (Å²) in [7, 11) is 0. The van der Waals surface area contributed by atoms with Gasteiger partial charge in [-0.3, -0.25) is 5.41 Å². The van der Waals surface area contributed by atoms with Crippen LogP contribution in [0.25, 0.3) is 5.65 Å². The van der Waals surface area contributed by atoms with Crippen LogP contribution in [0.3, 0.4) is 0 Å². The number of ether oxygens (including phenoxy) is 1. The third-order valence-corrected chi connectivity index (χ3v) is 7.08. The van der Waals surface area contributed by atoms with Crippen molar-refractivity contribution in [2.45, 2.75) is 66.0 Å². The predicted octanol–water partition coefficient (Wildman–Crippen LogP) is 4.86. The van der Waals surface area contributed by atoms with E-state index < -0.39 is 5.41 Å². The summed E-state index contributed by atoms with van der Waals surface area (Å²) < 4.78 is 8.14. The van der Waals surface area contributed by atoms with Crippen molar-refractivity contribution in [1.29, 1.82) is 5.41 Å². The van der Waals surface area contributed by atoms with Gasteiger partial charge in [0.25, 0.3) is 0 Å². The molecular formula is C30H35N7O2. The number of nitrogens with two attached hydrogens (primary N) is 1. The maximum absolute atomic E-state index is 11.6. The highest BCUT2D eigenvalue weighted by Crippen LogP contribution is 2.39. The van der Waals surface area contributed by atoms with Gasteiger partial charge in [0.15, 0.2) is 0 Å². The minimum absolute atomic E-state index is 0.0506. The average molecular weight is 526 g/mol. The zero-order valence-corrected chi connectivity index (χ0v) is 22.9. The van der Waals surface area contributed by atoms with Crippen LogP contribution in [0.4, 0.5) is 5.82 Å². The lowest BCUT2D eigenvalue weighted by Crippen LogP contribution is -2.19. The molecule has 0 atom stereocenters. The summed E-state index contributed by atoms with van der Waals surface area (Å²) in [6.07, 6.45) is 7.97. The number of benzene rings is 1. The Morgan fingerprint density at radius 3 is 2.56 bits per heavy atom. The van der Waals surface area contributed by atoms with Gasteiger partial charge in [-0.2, -0.15) is 4.98 Å². The van der Waals surface area contributed by atoms with Crippen LogP contribution in [0.5, 0.6) is 5.88 Å². The van der Waals surface area contributed by atoms with E-state index in [1.807, 2.05) is 46.0 Å². The fourth-order valence-corrected chi connectivity index (χ4v) is 4.71. The molecule has 0 radical (unpaired) electrons. The van der Waals surface area contributed by atoms with Gasteiger partial charge in [-0.05, 0) is 73.1 Å². The summed E-state index contributed by atoms with van der Waals surface area (Å²) in [5.74, 6) is 2.28. The fourth-order valence-electron chi connectivity index (χ4n) is 4.71. The van der Waals surface area contributed by atoms with Gasteiger partial charge >= 0.3 is 0 Å². The van der Waals surface area contributed by atoms with E-state index in [0.717, 1.165) is 34.3 Å². The summed E-state index contributed by atoms with van der Waals surface area (Å²) in [6.45, 7) is 8.52. The summed E-state index contributed by atoms with van der Waals surface area (Å²) in [4.78, 5) is 25.6. The van der Waals surface area contributed by atoms with Crippen LogP contribution in [0.2, 0.25) is 0 Å². The lowest BCUT2D eigenvalue weighted by Gasteiger charge is -2.18. The van der Waals surface area contributed by atoms with E-state index in [-0.39, 0.29) is 12.4 Å². The molecule has 0 bridgehead atoms. The van der Waals surface area contributed by atoms with Crippen LogP contribution in [0.1, 0.15) is 71.9 Å². The number of aromatic nitrogens is 4. The lowest BCUT2D eigenvalue weighted by molar-refractivity contribution is -0.114. The molecule has 0 saturated heterocycles. The molecular weight excluding hydrogens is 490 g/mol. The minimum atomic E-state index is -0.605. The second-order valence-electron chi connectivity index (χ2n) is 11.2. The maximum atomic E-state index is 11.6. The molecule has 5 rings (SSSR count). The minimum Gasteiger partial charge on any atom is -0.471 e. The van der Waals surface area contributed by atoms with Crippen LogP contribution in [-0.2, 0) is 24.4 Å². The molecule has 1 aromatic carbocycles. The summed E-state index contributed by atoms with van der Waals surface area (Å²) in [5.41, 5.74) is 12.0. The fraction of sp³-hybridized carbons (Fsp3) is 0.367. The van der Waals surface area contributed by atoms with Crippen molar-refractivity contribution < 1.29 is 9.53 Å². The van der Waals surface area contributed by atoms with Crippen molar-refractivity contribution in [2.75, 3.05) is 5.32 Å². The Labute approximate surface area is 228 Å². The number of pyridine rings is 1. The number of rotatable bonds is 11. The first-order valence-corrected chi connectivity index (χ1v) is 13.2. The highest BCUT2D eigenvalue weighted by Gasteiger charge is 2.24. The Kier molecular flexibility index (Phi) is 7.08. The first-order chi connectivity index (χ1) is 18.6. The van der Waals surface area contributed by atoms with E-state index in [1.54, 1.807) is 6.07 Å². The van der Waals surface area contributed by atoms with E-state index in [4.69, 9.17) is 15.9 Å². The SMILES string of the molecule is Cc1cc(C(=N)N)cc(C)c1CNc1cc(OCc2cn3cc(C4CC4)ccc3n2)nc(CC(C)(C)C=O)n1. The van der Waals surface area contributed by atoms with Gasteiger partial charge in [0.1, 0.15) is 36.0 Å². The van der Waals surface area contributed by atoms with E-state index in [2.05, 4.69) is 43.0 Å². The molecule has 3 heterocycles. The summed E-state index contributed by atoms with van der Waals surface area (Å²) in [6, 6.07) is 9.82. The van der Waals surface area contributed by atoms with Crippen molar-refractivity contribution in [3.63, 3.8) is 0 Å². The predicted molar refractivity (Wildman–Crippen MR) is 151 cm³/mol. The average Bonchev–Trinajstić information content (AvgIpc) is 3.65. The first kappa shape index (κ1) is 26.3.